The van der Waals surface area contributed by atoms with Crippen molar-refractivity contribution < 1.29 is 19.0 Å². The van der Waals surface area contributed by atoms with E-state index < -0.39 is 0 Å². The first kappa shape index (κ1) is 15.5. The number of Topliss-reactive ketones (excluding diaryl/α,β-unsaturated/α-hetero) is 1. The summed E-state index contributed by atoms with van der Waals surface area (Å²) in [7, 11) is 1.89. The van der Waals surface area contributed by atoms with Crippen LogP contribution in [0.1, 0.15) is 13.3 Å². The third-order valence-corrected chi connectivity index (χ3v) is 1.84. The minimum atomic E-state index is 0.152. The first-order chi connectivity index (χ1) is 7.77. The van der Waals surface area contributed by atoms with Gasteiger partial charge in [0.1, 0.15) is 5.78 Å². The van der Waals surface area contributed by atoms with E-state index in [9.17, 15) is 4.79 Å². The highest BCUT2D eigenvalue weighted by molar-refractivity contribution is 5.75. The van der Waals surface area contributed by atoms with Crippen molar-refractivity contribution in [3.63, 3.8) is 0 Å². The average Bonchev–Trinajstić information content (AvgIpc) is 2.25. The van der Waals surface area contributed by atoms with Crippen molar-refractivity contribution in [3.8, 4) is 0 Å². The van der Waals surface area contributed by atoms with E-state index in [2.05, 4.69) is 5.32 Å². The van der Waals surface area contributed by atoms with Crippen LogP contribution in [0, 0.1) is 0 Å². The van der Waals surface area contributed by atoms with Crippen LogP contribution in [0.15, 0.2) is 0 Å². The Morgan fingerprint density at radius 2 is 1.44 bits per heavy atom. The molecule has 0 aromatic rings. The second-order valence-electron chi connectivity index (χ2n) is 3.39. The predicted octanol–water partition coefficient (Wildman–Crippen LogP) is 0.235. The minimum absolute atomic E-state index is 0.152. The van der Waals surface area contributed by atoms with E-state index in [1.807, 2.05) is 7.05 Å². The summed E-state index contributed by atoms with van der Waals surface area (Å²) in [6.07, 6.45) is 0.479. The SMILES string of the molecule is CNCCOCCOCCOCCC(C)=O. The Morgan fingerprint density at radius 1 is 0.938 bits per heavy atom. The molecule has 0 atom stereocenters. The largest absolute Gasteiger partial charge is 0.379 e. The van der Waals surface area contributed by atoms with Gasteiger partial charge >= 0.3 is 0 Å². The molecular formula is C11H23NO4. The average molecular weight is 233 g/mol. The van der Waals surface area contributed by atoms with Crippen LogP contribution >= 0.6 is 0 Å². The number of rotatable bonds is 12. The maximum Gasteiger partial charge on any atom is 0.132 e. The van der Waals surface area contributed by atoms with Crippen LogP contribution in [-0.4, -0.2) is 59.0 Å². The van der Waals surface area contributed by atoms with Gasteiger partial charge in [-0.05, 0) is 14.0 Å². The molecule has 5 heteroatoms. The number of ether oxygens (including phenoxy) is 3. The quantitative estimate of drug-likeness (QED) is 0.489. The number of hydrogen-bond acceptors (Lipinski definition) is 5. The fraction of sp³-hybridized carbons (Fsp3) is 0.909. The second kappa shape index (κ2) is 12.6. The van der Waals surface area contributed by atoms with Crippen LogP contribution < -0.4 is 5.32 Å². The van der Waals surface area contributed by atoms with E-state index in [-0.39, 0.29) is 5.78 Å². The van der Waals surface area contributed by atoms with E-state index in [0.717, 1.165) is 6.54 Å². The molecule has 0 aliphatic heterocycles. The lowest BCUT2D eigenvalue weighted by Gasteiger charge is -2.06. The van der Waals surface area contributed by atoms with E-state index in [1.165, 1.54) is 0 Å². The number of carbonyl (C=O) groups excluding carboxylic acids is 1. The predicted molar refractivity (Wildman–Crippen MR) is 61.7 cm³/mol. The topological polar surface area (TPSA) is 56.8 Å². The van der Waals surface area contributed by atoms with Crippen molar-refractivity contribution in [1.82, 2.24) is 5.32 Å². The number of hydrogen-bond donors (Lipinski definition) is 1. The van der Waals surface area contributed by atoms with E-state index in [4.69, 9.17) is 14.2 Å². The normalized spacial score (nSPS) is 10.6. The summed E-state index contributed by atoms with van der Waals surface area (Å²) in [6, 6.07) is 0. The van der Waals surface area contributed by atoms with Gasteiger partial charge in [0.25, 0.3) is 0 Å². The number of carbonyl (C=O) groups is 1. The van der Waals surface area contributed by atoms with E-state index in [0.29, 0.717) is 46.1 Å². The molecule has 0 aliphatic rings. The van der Waals surface area contributed by atoms with Gasteiger partial charge in [-0.25, -0.2) is 0 Å². The smallest absolute Gasteiger partial charge is 0.132 e. The Labute approximate surface area is 97.4 Å². The van der Waals surface area contributed by atoms with Gasteiger partial charge in [0, 0.05) is 13.0 Å². The summed E-state index contributed by atoms with van der Waals surface area (Å²) in [6.45, 7) is 5.87. The highest BCUT2D eigenvalue weighted by Crippen LogP contribution is 1.85. The first-order valence-corrected chi connectivity index (χ1v) is 5.64. The van der Waals surface area contributed by atoms with E-state index >= 15 is 0 Å². The highest BCUT2D eigenvalue weighted by atomic mass is 16.5. The lowest BCUT2D eigenvalue weighted by atomic mass is 10.3. The maximum atomic E-state index is 10.6. The van der Waals surface area contributed by atoms with Gasteiger partial charge in [-0.3, -0.25) is 4.79 Å². The molecule has 0 heterocycles. The molecule has 0 amide bonds. The zero-order chi connectivity index (χ0) is 12.1. The molecule has 0 spiro atoms. The minimum Gasteiger partial charge on any atom is -0.379 e. The Hall–Kier alpha value is -0.490. The van der Waals surface area contributed by atoms with Gasteiger partial charge in [0.05, 0.1) is 39.6 Å². The summed E-state index contributed by atoms with van der Waals surface area (Å²) in [5.74, 6) is 0.152. The maximum absolute atomic E-state index is 10.6. The molecule has 0 fully saturated rings. The summed E-state index contributed by atoms with van der Waals surface area (Å²) in [5.41, 5.74) is 0. The van der Waals surface area contributed by atoms with Gasteiger partial charge in [-0.15, -0.1) is 0 Å². The molecule has 0 rings (SSSR count). The van der Waals surface area contributed by atoms with Gasteiger partial charge in [0.2, 0.25) is 0 Å². The Kier molecular flexibility index (Phi) is 12.2. The third-order valence-electron chi connectivity index (χ3n) is 1.84. The fourth-order valence-corrected chi connectivity index (χ4v) is 0.932. The number of likely N-dealkylation sites (N-methyl/N-ethyl adjacent to an activating group) is 1. The standard InChI is InChI=1S/C11H23NO4/c1-11(13)3-5-14-7-9-16-10-8-15-6-4-12-2/h12H,3-10H2,1-2H3. The van der Waals surface area contributed by atoms with Crippen LogP contribution in [0.4, 0.5) is 0 Å². The molecule has 0 saturated carbocycles. The Bertz CT molecular complexity index is 164. The molecule has 5 nitrogen and oxygen atoms in total. The highest BCUT2D eigenvalue weighted by Gasteiger charge is 1.94. The molecule has 0 unspecified atom stereocenters. The van der Waals surface area contributed by atoms with Crippen molar-refractivity contribution in [1.29, 1.82) is 0 Å². The molecule has 0 bridgehead atoms. The van der Waals surface area contributed by atoms with Gasteiger partial charge in [-0.1, -0.05) is 0 Å². The van der Waals surface area contributed by atoms with Crippen LogP contribution in [-0.2, 0) is 19.0 Å². The third kappa shape index (κ3) is 13.5. The molecule has 1 N–H and O–H groups in total. The molecule has 16 heavy (non-hydrogen) atoms. The van der Waals surface area contributed by atoms with Crippen molar-refractivity contribution >= 4 is 5.78 Å². The zero-order valence-electron chi connectivity index (χ0n) is 10.3. The van der Waals surface area contributed by atoms with Gasteiger partial charge in [0.15, 0.2) is 0 Å². The summed E-state index contributed by atoms with van der Waals surface area (Å²) < 4.78 is 15.7. The molecule has 0 aliphatic carbocycles. The second-order valence-corrected chi connectivity index (χ2v) is 3.39. The Morgan fingerprint density at radius 3 is 1.94 bits per heavy atom. The monoisotopic (exact) mass is 233 g/mol. The van der Waals surface area contributed by atoms with Crippen LogP contribution in [0.5, 0.6) is 0 Å². The lowest BCUT2D eigenvalue weighted by molar-refractivity contribution is -0.118. The molecule has 0 aromatic carbocycles. The van der Waals surface area contributed by atoms with Crippen molar-refractivity contribution in [3.05, 3.63) is 0 Å². The molecule has 0 aromatic heterocycles. The van der Waals surface area contributed by atoms with Crippen LogP contribution in [0.25, 0.3) is 0 Å². The molecule has 96 valence electrons. The van der Waals surface area contributed by atoms with Gasteiger partial charge < -0.3 is 19.5 Å². The zero-order valence-corrected chi connectivity index (χ0v) is 10.3. The van der Waals surface area contributed by atoms with Gasteiger partial charge in [-0.2, -0.15) is 0 Å². The lowest BCUT2D eigenvalue weighted by Crippen LogP contribution is -2.16. The van der Waals surface area contributed by atoms with Crippen molar-refractivity contribution in [2.45, 2.75) is 13.3 Å². The molecular weight excluding hydrogens is 210 g/mol. The number of nitrogens with one attached hydrogen (secondary N) is 1. The molecule has 0 saturated heterocycles. The summed E-state index contributed by atoms with van der Waals surface area (Å²) in [4.78, 5) is 10.6. The summed E-state index contributed by atoms with van der Waals surface area (Å²) in [5, 5.41) is 2.99. The van der Waals surface area contributed by atoms with Crippen LogP contribution in [0.3, 0.4) is 0 Å². The summed E-state index contributed by atoms with van der Waals surface area (Å²) >= 11 is 0. The number of ketones is 1. The van der Waals surface area contributed by atoms with Crippen molar-refractivity contribution in [2.75, 3.05) is 53.2 Å². The fourth-order valence-electron chi connectivity index (χ4n) is 0.932. The Balaban J connectivity index is 2.90. The van der Waals surface area contributed by atoms with Crippen molar-refractivity contribution in [2.24, 2.45) is 0 Å². The van der Waals surface area contributed by atoms with Crippen LogP contribution in [0.2, 0.25) is 0 Å². The van der Waals surface area contributed by atoms with E-state index in [1.54, 1.807) is 6.92 Å². The molecule has 0 radical (unpaired) electrons. The first-order valence-electron chi connectivity index (χ1n) is 5.64.